The van der Waals surface area contributed by atoms with Crippen LogP contribution in [0.5, 0.6) is 0 Å². The number of para-hydroxylation sites is 2. The first-order valence-electron chi connectivity index (χ1n) is 9.87. The molecule has 1 heterocycles. The van der Waals surface area contributed by atoms with E-state index in [9.17, 15) is 0 Å². The third-order valence-corrected chi connectivity index (χ3v) is 4.78. The van der Waals surface area contributed by atoms with E-state index in [-0.39, 0.29) is 17.1 Å². The second-order valence-corrected chi connectivity index (χ2v) is 7.05. The SMILES string of the molecule is Cc1cccc(/C=C/c2nc3ccccc3n2C[C]2[CH][CH][CH][CH]2)c1.[CH]1[CH][CH][CH][CH]1.[Fe+2]. The van der Waals surface area contributed by atoms with E-state index in [4.69, 9.17) is 4.98 Å². The normalized spacial score (nSPS) is 16.6. The Hall–Kier alpha value is -1.83. The van der Waals surface area contributed by atoms with Crippen molar-refractivity contribution in [1.82, 2.24) is 9.55 Å². The van der Waals surface area contributed by atoms with Gasteiger partial charge in [-0.05, 0) is 88.5 Å². The minimum atomic E-state index is 0. The molecule has 1 aromatic heterocycles. The van der Waals surface area contributed by atoms with Gasteiger partial charge < -0.3 is 4.57 Å². The molecular weight excluding hydrogens is 408 g/mol. The summed E-state index contributed by atoms with van der Waals surface area (Å²) in [5.74, 6) is 2.28. The van der Waals surface area contributed by atoms with Crippen LogP contribution in [-0.2, 0) is 23.6 Å². The minimum Gasteiger partial charge on any atom is -0.324 e. The van der Waals surface area contributed by atoms with Crippen molar-refractivity contribution in [2.45, 2.75) is 13.5 Å². The number of imidazole rings is 1. The van der Waals surface area contributed by atoms with Gasteiger partial charge in [-0.15, -0.1) is 0 Å². The summed E-state index contributed by atoms with van der Waals surface area (Å²) in [6, 6.07) is 16.8. The van der Waals surface area contributed by atoms with E-state index in [2.05, 4.69) is 91.8 Å². The first kappa shape index (κ1) is 22.8. The molecule has 10 radical (unpaired) electrons. The van der Waals surface area contributed by atoms with Crippen LogP contribution in [0.3, 0.4) is 0 Å². The van der Waals surface area contributed by atoms with Crippen molar-refractivity contribution in [2.75, 3.05) is 0 Å². The van der Waals surface area contributed by atoms with E-state index in [0.717, 1.165) is 17.9 Å². The monoisotopic (exact) mass is 432 g/mol. The Bertz CT molecular complexity index is 939. The van der Waals surface area contributed by atoms with Crippen LogP contribution in [0.1, 0.15) is 17.0 Å². The first-order chi connectivity index (χ1) is 14.3. The van der Waals surface area contributed by atoms with Crippen LogP contribution in [0.25, 0.3) is 23.2 Å². The molecule has 2 aliphatic carbocycles. The molecule has 3 heteroatoms. The second kappa shape index (κ2) is 11.5. The zero-order valence-corrected chi connectivity index (χ0v) is 18.0. The minimum absolute atomic E-state index is 0. The van der Waals surface area contributed by atoms with Crippen LogP contribution in [0.15, 0.2) is 48.5 Å². The molecule has 2 fully saturated rings. The standard InChI is InChI=1S/C22H19N2.C5H5.Fe/c1-17-7-6-10-18(15-17)13-14-22-23-20-11-4-5-12-21(20)24(22)16-19-8-2-3-9-19;1-2-4-5-3-1;/h2-15H,16H2,1H3;1-5H;/q;;+2/b14-13+;;. The van der Waals surface area contributed by atoms with E-state index in [1.54, 1.807) is 0 Å². The zero-order chi connectivity index (χ0) is 19.9. The molecule has 0 N–H and O–H groups in total. The maximum atomic E-state index is 4.81. The van der Waals surface area contributed by atoms with Crippen LogP contribution >= 0.6 is 0 Å². The molecule has 148 valence electrons. The summed E-state index contributed by atoms with van der Waals surface area (Å²) < 4.78 is 2.27. The van der Waals surface area contributed by atoms with Gasteiger partial charge >= 0.3 is 17.1 Å². The third-order valence-electron chi connectivity index (χ3n) is 4.78. The number of fused-ring (bicyclic) bond motifs is 1. The summed E-state index contributed by atoms with van der Waals surface area (Å²) in [5, 5.41) is 0. The number of aromatic nitrogens is 2. The quantitative estimate of drug-likeness (QED) is 0.467. The van der Waals surface area contributed by atoms with Crippen LogP contribution < -0.4 is 0 Å². The van der Waals surface area contributed by atoms with Gasteiger partial charge in [-0.1, -0.05) is 48.0 Å². The molecule has 2 aliphatic rings. The molecule has 0 unspecified atom stereocenters. The maximum absolute atomic E-state index is 4.81. The van der Waals surface area contributed by atoms with Gasteiger partial charge in [0, 0.05) is 12.5 Å². The number of nitrogens with zero attached hydrogens (tertiary/aromatic N) is 2. The number of hydrogen-bond donors (Lipinski definition) is 0. The van der Waals surface area contributed by atoms with Crippen molar-refractivity contribution in [3.8, 4) is 0 Å². The average Bonchev–Trinajstić information content (AvgIpc) is 3.51. The number of hydrogen-bond acceptors (Lipinski definition) is 1. The maximum Gasteiger partial charge on any atom is 2.00 e. The van der Waals surface area contributed by atoms with Crippen LogP contribution in [0, 0.1) is 70.6 Å². The third kappa shape index (κ3) is 6.09. The van der Waals surface area contributed by atoms with Crippen LogP contribution in [-0.4, -0.2) is 9.55 Å². The van der Waals surface area contributed by atoms with Gasteiger partial charge in [0.2, 0.25) is 0 Å². The Kier molecular flexibility index (Phi) is 8.78. The van der Waals surface area contributed by atoms with Crippen molar-refractivity contribution >= 4 is 23.2 Å². The van der Waals surface area contributed by atoms with Gasteiger partial charge in [0.1, 0.15) is 5.82 Å². The number of rotatable bonds is 4. The summed E-state index contributed by atoms with van der Waals surface area (Å²) in [7, 11) is 0. The molecule has 0 bridgehead atoms. The predicted octanol–water partition coefficient (Wildman–Crippen LogP) is 5.94. The van der Waals surface area contributed by atoms with E-state index in [0.29, 0.717) is 0 Å². The molecule has 0 aliphatic heterocycles. The van der Waals surface area contributed by atoms with E-state index < -0.39 is 0 Å². The summed E-state index contributed by atoms with van der Waals surface area (Å²) in [4.78, 5) is 4.81. The Morgan fingerprint density at radius 1 is 0.800 bits per heavy atom. The Balaban J connectivity index is 0.000000376. The van der Waals surface area contributed by atoms with Crippen molar-refractivity contribution < 1.29 is 17.1 Å². The Morgan fingerprint density at radius 2 is 1.50 bits per heavy atom. The van der Waals surface area contributed by atoms with E-state index >= 15 is 0 Å². The molecule has 30 heavy (non-hydrogen) atoms. The smallest absolute Gasteiger partial charge is 0.324 e. The largest absolute Gasteiger partial charge is 2.00 e. The molecule has 2 nitrogen and oxygen atoms in total. The zero-order valence-electron chi connectivity index (χ0n) is 16.9. The molecule has 3 aromatic rings. The van der Waals surface area contributed by atoms with Gasteiger partial charge in [-0.25, -0.2) is 4.98 Å². The molecule has 2 aromatic carbocycles. The Labute approximate surface area is 192 Å². The van der Waals surface area contributed by atoms with Gasteiger partial charge in [0.15, 0.2) is 0 Å². The van der Waals surface area contributed by atoms with Crippen molar-refractivity contribution in [3.63, 3.8) is 0 Å². The molecule has 0 atom stereocenters. The first-order valence-corrected chi connectivity index (χ1v) is 9.87. The van der Waals surface area contributed by atoms with Gasteiger partial charge in [0.05, 0.1) is 11.0 Å². The molecular formula is C27H24FeN2+2. The second-order valence-electron chi connectivity index (χ2n) is 7.05. The van der Waals surface area contributed by atoms with Gasteiger partial charge in [0.25, 0.3) is 0 Å². The summed E-state index contributed by atoms with van der Waals surface area (Å²) in [5.41, 5.74) is 4.67. The Morgan fingerprint density at radius 3 is 2.20 bits per heavy atom. The number of aryl methyl sites for hydroxylation is 1. The fourth-order valence-electron chi connectivity index (χ4n) is 3.35. The topological polar surface area (TPSA) is 17.8 Å². The molecule has 0 saturated heterocycles. The molecule has 0 spiro atoms. The van der Waals surface area contributed by atoms with E-state index in [1.165, 1.54) is 22.6 Å². The summed E-state index contributed by atoms with van der Waals surface area (Å²) >= 11 is 0. The fourth-order valence-corrected chi connectivity index (χ4v) is 3.35. The molecule has 2 saturated carbocycles. The summed E-state index contributed by atoms with van der Waals surface area (Å²) in [6.45, 7) is 2.95. The van der Waals surface area contributed by atoms with Crippen molar-refractivity contribution in [1.29, 1.82) is 0 Å². The summed E-state index contributed by atoms with van der Waals surface area (Å²) in [6.07, 6.45) is 22.7. The molecule has 0 amide bonds. The van der Waals surface area contributed by atoms with Crippen molar-refractivity contribution in [2.24, 2.45) is 0 Å². The average molecular weight is 432 g/mol. The van der Waals surface area contributed by atoms with Crippen LogP contribution in [0.2, 0.25) is 0 Å². The van der Waals surface area contributed by atoms with Crippen molar-refractivity contribution in [3.05, 3.63) is 129 Å². The predicted molar refractivity (Wildman–Crippen MR) is 122 cm³/mol. The van der Waals surface area contributed by atoms with Crippen LogP contribution in [0.4, 0.5) is 0 Å². The van der Waals surface area contributed by atoms with Gasteiger partial charge in [-0.3, -0.25) is 0 Å². The van der Waals surface area contributed by atoms with Gasteiger partial charge in [-0.2, -0.15) is 0 Å². The molecule has 5 rings (SSSR count). The van der Waals surface area contributed by atoms with E-state index in [1.807, 2.05) is 38.2 Å². The fraction of sp³-hybridized carbons (Fsp3) is 0.0741. The number of benzene rings is 2.